The second kappa shape index (κ2) is 10.4. The Kier molecular flexibility index (Phi) is 7.65. The van der Waals surface area contributed by atoms with Crippen LogP contribution < -0.4 is 10.6 Å². The fraction of sp³-hybridized carbons (Fsp3) is 0.348. The van der Waals surface area contributed by atoms with Crippen LogP contribution in [-0.4, -0.2) is 49.4 Å². The number of carbonyl (C=O) groups is 3. The van der Waals surface area contributed by atoms with Gasteiger partial charge in [0.15, 0.2) is 0 Å². The number of halogens is 1. The fourth-order valence-electron chi connectivity index (χ4n) is 3.66. The predicted octanol–water partition coefficient (Wildman–Crippen LogP) is 3.48. The molecule has 3 rings (SSSR count). The first kappa shape index (κ1) is 22.8. The maximum atomic E-state index is 12.6. The Bertz CT molecular complexity index is 979. The number of esters is 1. The molecule has 7 nitrogen and oxygen atoms in total. The van der Waals surface area contributed by atoms with Crippen molar-refractivity contribution in [2.75, 3.05) is 26.0 Å². The highest BCUT2D eigenvalue weighted by molar-refractivity contribution is 6.34. The minimum atomic E-state index is -0.534. The molecule has 1 aliphatic rings. The SMILES string of the molecule is COC(=O)c1cc(CNC(=O)[C@H]2CCCCN2C)cc(NC(=O)c2ccccc2Cl)c1. The van der Waals surface area contributed by atoms with Crippen molar-refractivity contribution in [1.29, 1.82) is 0 Å². The first-order chi connectivity index (χ1) is 14.9. The lowest BCUT2D eigenvalue weighted by Crippen LogP contribution is -2.47. The Morgan fingerprint density at radius 3 is 2.65 bits per heavy atom. The number of anilines is 1. The van der Waals surface area contributed by atoms with E-state index in [4.69, 9.17) is 16.3 Å². The van der Waals surface area contributed by atoms with E-state index in [1.165, 1.54) is 13.2 Å². The minimum Gasteiger partial charge on any atom is -0.465 e. The maximum Gasteiger partial charge on any atom is 0.337 e. The number of ether oxygens (including phenoxy) is 1. The highest BCUT2D eigenvalue weighted by atomic mass is 35.5. The molecule has 8 heteroatoms. The summed E-state index contributed by atoms with van der Waals surface area (Å²) in [5.41, 5.74) is 1.68. The van der Waals surface area contributed by atoms with Gasteiger partial charge in [0, 0.05) is 12.2 Å². The molecule has 0 spiro atoms. The van der Waals surface area contributed by atoms with E-state index in [2.05, 4.69) is 15.5 Å². The molecule has 1 fully saturated rings. The molecular formula is C23H26ClN3O4. The topological polar surface area (TPSA) is 87.7 Å². The van der Waals surface area contributed by atoms with Crippen molar-refractivity contribution >= 4 is 35.1 Å². The number of likely N-dealkylation sites (tertiary alicyclic amines) is 1. The Morgan fingerprint density at radius 1 is 1.16 bits per heavy atom. The summed E-state index contributed by atoms with van der Waals surface area (Å²) in [6.07, 6.45) is 2.94. The zero-order valence-electron chi connectivity index (χ0n) is 17.6. The highest BCUT2D eigenvalue weighted by Crippen LogP contribution is 2.21. The summed E-state index contributed by atoms with van der Waals surface area (Å²) in [5.74, 6) is -0.979. The maximum absolute atomic E-state index is 12.6. The number of nitrogens with zero attached hydrogens (tertiary/aromatic N) is 1. The van der Waals surface area contributed by atoms with Crippen LogP contribution in [0, 0.1) is 0 Å². The zero-order chi connectivity index (χ0) is 22.4. The Balaban J connectivity index is 1.77. The quantitative estimate of drug-likeness (QED) is 0.667. The summed E-state index contributed by atoms with van der Waals surface area (Å²) in [6, 6.07) is 11.4. The molecule has 1 saturated heterocycles. The van der Waals surface area contributed by atoms with Gasteiger partial charge in [0.1, 0.15) is 0 Å². The van der Waals surface area contributed by atoms with Gasteiger partial charge >= 0.3 is 5.97 Å². The number of methoxy groups -OCH3 is 1. The monoisotopic (exact) mass is 443 g/mol. The second-order valence-corrected chi connectivity index (χ2v) is 7.96. The number of benzene rings is 2. The molecule has 0 unspecified atom stereocenters. The molecular weight excluding hydrogens is 418 g/mol. The number of nitrogens with one attached hydrogen (secondary N) is 2. The van der Waals surface area contributed by atoms with Crippen LogP contribution in [0.2, 0.25) is 5.02 Å². The minimum absolute atomic E-state index is 0.0488. The van der Waals surface area contributed by atoms with Crippen LogP contribution >= 0.6 is 11.6 Å². The third-order valence-electron chi connectivity index (χ3n) is 5.33. The number of likely N-dealkylation sites (N-methyl/N-ethyl adjacent to an activating group) is 1. The van der Waals surface area contributed by atoms with E-state index in [-0.39, 0.29) is 24.1 Å². The van der Waals surface area contributed by atoms with E-state index < -0.39 is 11.9 Å². The van der Waals surface area contributed by atoms with Crippen molar-refractivity contribution in [2.24, 2.45) is 0 Å². The summed E-state index contributed by atoms with van der Waals surface area (Å²) in [7, 11) is 3.24. The average Bonchev–Trinajstić information content (AvgIpc) is 2.77. The lowest BCUT2D eigenvalue weighted by Gasteiger charge is -2.31. The standard InChI is InChI=1S/C23H26ClN3O4/c1-27-10-6-5-9-20(27)22(29)25-14-15-11-16(23(30)31-2)13-17(12-15)26-21(28)18-7-3-4-8-19(18)24/h3-4,7-8,11-13,20H,5-6,9-10,14H2,1-2H3,(H,25,29)(H,26,28)/t20-/m1/s1. The van der Waals surface area contributed by atoms with Crippen LogP contribution in [0.4, 0.5) is 5.69 Å². The van der Waals surface area contributed by atoms with Gasteiger partial charge in [0.05, 0.1) is 29.3 Å². The molecule has 0 aromatic heterocycles. The van der Waals surface area contributed by atoms with Gasteiger partial charge in [-0.15, -0.1) is 0 Å². The predicted molar refractivity (Wildman–Crippen MR) is 119 cm³/mol. The summed E-state index contributed by atoms with van der Waals surface area (Å²) in [4.78, 5) is 39.4. The van der Waals surface area contributed by atoms with Crippen molar-refractivity contribution in [3.8, 4) is 0 Å². The summed E-state index contributed by atoms with van der Waals surface area (Å²) >= 11 is 6.10. The van der Waals surface area contributed by atoms with Gasteiger partial charge in [0.25, 0.3) is 5.91 Å². The van der Waals surface area contributed by atoms with Gasteiger partial charge in [-0.1, -0.05) is 30.2 Å². The first-order valence-electron chi connectivity index (χ1n) is 10.1. The highest BCUT2D eigenvalue weighted by Gasteiger charge is 2.25. The van der Waals surface area contributed by atoms with Gasteiger partial charge in [-0.3, -0.25) is 14.5 Å². The lowest BCUT2D eigenvalue weighted by atomic mass is 10.0. The van der Waals surface area contributed by atoms with Crippen molar-refractivity contribution in [3.63, 3.8) is 0 Å². The molecule has 1 aliphatic heterocycles. The molecule has 2 amide bonds. The third-order valence-corrected chi connectivity index (χ3v) is 5.66. The number of amides is 2. The number of carbonyl (C=O) groups excluding carboxylic acids is 3. The average molecular weight is 444 g/mol. The molecule has 31 heavy (non-hydrogen) atoms. The molecule has 0 radical (unpaired) electrons. The van der Waals surface area contributed by atoms with Crippen LogP contribution in [0.25, 0.3) is 0 Å². The molecule has 2 aromatic rings. The molecule has 2 N–H and O–H groups in total. The summed E-state index contributed by atoms with van der Waals surface area (Å²) in [5, 5.41) is 6.03. The van der Waals surface area contributed by atoms with E-state index in [1.807, 2.05) is 7.05 Å². The first-order valence-corrected chi connectivity index (χ1v) is 10.5. The number of hydrogen-bond donors (Lipinski definition) is 2. The van der Waals surface area contributed by atoms with Gasteiger partial charge in [-0.05, 0) is 62.3 Å². The van der Waals surface area contributed by atoms with Gasteiger partial charge in [-0.2, -0.15) is 0 Å². The van der Waals surface area contributed by atoms with Crippen LogP contribution in [0.1, 0.15) is 45.5 Å². The van der Waals surface area contributed by atoms with Crippen LogP contribution in [-0.2, 0) is 16.1 Å². The largest absolute Gasteiger partial charge is 0.465 e. The summed E-state index contributed by atoms with van der Waals surface area (Å²) < 4.78 is 4.82. The van der Waals surface area contributed by atoms with Crippen molar-refractivity contribution in [2.45, 2.75) is 31.8 Å². The van der Waals surface area contributed by atoms with Crippen LogP contribution in [0.15, 0.2) is 42.5 Å². The second-order valence-electron chi connectivity index (χ2n) is 7.55. The third kappa shape index (κ3) is 5.83. The molecule has 164 valence electrons. The van der Waals surface area contributed by atoms with E-state index >= 15 is 0 Å². The lowest BCUT2D eigenvalue weighted by molar-refractivity contribution is -0.127. The molecule has 2 aromatic carbocycles. The smallest absolute Gasteiger partial charge is 0.337 e. The van der Waals surface area contributed by atoms with Gasteiger partial charge < -0.3 is 15.4 Å². The normalized spacial score (nSPS) is 16.4. The van der Waals surface area contributed by atoms with E-state index in [0.717, 1.165) is 25.8 Å². The molecule has 0 saturated carbocycles. The Morgan fingerprint density at radius 2 is 1.94 bits per heavy atom. The van der Waals surface area contributed by atoms with E-state index in [1.54, 1.807) is 36.4 Å². The summed E-state index contributed by atoms with van der Waals surface area (Å²) in [6.45, 7) is 1.12. The molecule has 1 atom stereocenters. The van der Waals surface area contributed by atoms with E-state index in [0.29, 0.717) is 21.8 Å². The van der Waals surface area contributed by atoms with Crippen molar-refractivity contribution in [3.05, 3.63) is 64.2 Å². The van der Waals surface area contributed by atoms with Crippen molar-refractivity contribution in [1.82, 2.24) is 10.2 Å². The Labute approximate surface area is 186 Å². The number of hydrogen-bond acceptors (Lipinski definition) is 5. The van der Waals surface area contributed by atoms with Gasteiger partial charge in [0.2, 0.25) is 5.91 Å². The fourth-order valence-corrected chi connectivity index (χ4v) is 3.88. The molecule has 0 bridgehead atoms. The van der Waals surface area contributed by atoms with Crippen molar-refractivity contribution < 1.29 is 19.1 Å². The van der Waals surface area contributed by atoms with Crippen LogP contribution in [0.5, 0.6) is 0 Å². The van der Waals surface area contributed by atoms with Gasteiger partial charge in [-0.25, -0.2) is 4.79 Å². The van der Waals surface area contributed by atoms with E-state index in [9.17, 15) is 14.4 Å². The Hall–Kier alpha value is -2.90. The number of rotatable bonds is 6. The molecule has 1 heterocycles. The number of piperidine rings is 1. The van der Waals surface area contributed by atoms with Crippen LogP contribution in [0.3, 0.4) is 0 Å². The molecule has 0 aliphatic carbocycles. The zero-order valence-corrected chi connectivity index (χ0v) is 18.4.